The summed E-state index contributed by atoms with van der Waals surface area (Å²) in [6.45, 7) is 2.80. The molecule has 6 heteroatoms. The van der Waals surface area contributed by atoms with Crippen LogP contribution in [0.5, 0.6) is 0 Å². The monoisotopic (exact) mass is 329 g/mol. The Labute approximate surface area is 141 Å². The van der Waals surface area contributed by atoms with Gasteiger partial charge in [-0.25, -0.2) is 0 Å². The van der Waals surface area contributed by atoms with Crippen molar-refractivity contribution in [2.45, 2.75) is 51.2 Å². The average Bonchev–Trinajstić information content (AvgIpc) is 3.27. The predicted octanol–water partition coefficient (Wildman–Crippen LogP) is 2.74. The quantitative estimate of drug-likeness (QED) is 0.845. The lowest BCUT2D eigenvalue weighted by atomic mass is 10.1. The maximum Gasteiger partial charge on any atom is 0.226 e. The standard InChI is InChI=1S/C18H23N3O3/c1-13(15-9-6-12-23-15)19-16(22)10-5-11-17-20-18(21-24-17)14-7-3-2-4-8-14/h2-4,7-8,13,15H,5-6,9-12H2,1H3,(H,19,22)/t13-,15+/m0/s1. The van der Waals surface area contributed by atoms with Gasteiger partial charge in [0, 0.05) is 25.0 Å². The molecular weight excluding hydrogens is 306 g/mol. The minimum atomic E-state index is 0.0424. The number of rotatable bonds is 7. The topological polar surface area (TPSA) is 77.3 Å². The van der Waals surface area contributed by atoms with Crippen LogP contribution in [0.3, 0.4) is 0 Å². The summed E-state index contributed by atoms with van der Waals surface area (Å²) in [6, 6.07) is 9.76. The molecule has 6 nitrogen and oxygen atoms in total. The number of carbonyl (C=O) groups is 1. The number of nitrogens with zero attached hydrogens (tertiary/aromatic N) is 2. The van der Waals surface area contributed by atoms with E-state index in [1.54, 1.807) is 0 Å². The van der Waals surface area contributed by atoms with Crippen LogP contribution < -0.4 is 5.32 Å². The van der Waals surface area contributed by atoms with Gasteiger partial charge in [0.25, 0.3) is 0 Å². The molecule has 1 saturated heterocycles. The van der Waals surface area contributed by atoms with Crippen LogP contribution in [0.1, 0.15) is 38.5 Å². The van der Waals surface area contributed by atoms with E-state index in [-0.39, 0.29) is 18.1 Å². The zero-order valence-electron chi connectivity index (χ0n) is 13.9. The molecule has 1 N–H and O–H groups in total. The van der Waals surface area contributed by atoms with Crippen molar-refractivity contribution in [1.82, 2.24) is 15.5 Å². The highest BCUT2D eigenvalue weighted by atomic mass is 16.5. The van der Waals surface area contributed by atoms with Crippen molar-refractivity contribution in [3.63, 3.8) is 0 Å². The number of nitrogens with one attached hydrogen (secondary N) is 1. The molecule has 0 spiro atoms. The third-order valence-electron chi connectivity index (χ3n) is 4.21. The smallest absolute Gasteiger partial charge is 0.226 e. The molecule has 1 aliphatic heterocycles. The Morgan fingerprint density at radius 3 is 2.96 bits per heavy atom. The molecule has 0 aliphatic carbocycles. The lowest BCUT2D eigenvalue weighted by molar-refractivity contribution is -0.122. The van der Waals surface area contributed by atoms with Crippen molar-refractivity contribution in [1.29, 1.82) is 0 Å². The highest BCUT2D eigenvalue weighted by molar-refractivity contribution is 5.76. The van der Waals surface area contributed by atoms with Crippen LogP contribution in [0, 0.1) is 0 Å². The lowest BCUT2D eigenvalue weighted by Gasteiger charge is -2.19. The highest BCUT2D eigenvalue weighted by Crippen LogP contribution is 2.17. The fourth-order valence-electron chi connectivity index (χ4n) is 2.88. The fourth-order valence-corrected chi connectivity index (χ4v) is 2.88. The maximum atomic E-state index is 12.0. The zero-order valence-corrected chi connectivity index (χ0v) is 13.9. The van der Waals surface area contributed by atoms with Crippen molar-refractivity contribution in [2.75, 3.05) is 6.61 Å². The van der Waals surface area contributed by atoms with Crippen molar-refractivity contribution in [3.8, 4) is 11.4 Å². The van der Waals surface area contributed by atoms with Crippen LogP contribution in [-0.2, 0) is 16.0 Å². The summed E-state index contributed by atoms with van der Waals surface area (Å²) < 4.78 is 10.8. The summed E-state index contributed by atoms with van der Waals surface area (Å²) in [4.78, 5) is 16.4. The van der Waals surface area contributed by atoms with E-state index < -0.39 is 0 Å². The van der Waals surface area contributed by atoms with Crippen molar-refractivity contribution < 1.29 is 14.1 Å². The van der Waals surface area contributed by atoms with Gasteiger partial charge in [-0.2, -0.15) is 4.98 Å². The second kappa shape index (κ2) is 8.06. The molecule has 1 fully saturated rings. The number of aryl methyl sites for hydroxylation is 1. The third-order valence-corrected chi connectivity index (χ3v) is 4.21. The second-order valence-electron chi connectivity index (χ2n) is 6.14. The van der Waals surface area contributed by atoms with Gasteiger partial charge < -0.3 is 14.6 Å². The van der Waals surface area contributed by atoms with Crippen LogP contribution >= 0.6 is 0 Å². The lowest BCUT2D eigenvalue weighted by Crippen LogP contribution is -2.40. The summed E-state index contributed by atoms with van der Waals surface area (Å²) >= 11 is 0. The molecule has 3 rings (SSSR count). The molecule has 1 aliphatic rings. The molecule has 0 bridgehead atoms. The Balaban J connectivity index is 1.41. The summed E-state index contributed by atoms with van der Waals surface area (Å²) in [5, 5.41) is 6.99. The Hall–Kier alpha value is -2.21. The Bertz CT molecular complexity index is 651. The first-order valence-corrected chi connectivity index (χ1v) is 8.51. The number of amides is 1. The van der Waals surface area contributed by atoms with Crippen LogP contribution in [0.25, 0.3) is 11.4 Å². The molecule has 0 unspecified atom stereocenters. The highest BCUT2D eigenvalue weighted by Gasteiger charge is 2.23. The molecule has 2 heterocycles. The summed E-state index contributed by atoms with van der Waals surface area (Å²) in [5.74, 6) is 1.19. The van der Waals surface area contributed by atoms with E-state index in [1.807, 2.05) is 37.3 Å². The van der Waals surface area contributed by atoms with Gasteiger partial charge in [-0.3, -0.25) is 4.79 Å². The number of hydrogen-bond acceptors (Lipinski definition) is 5. The molecule has 1 aromatic heterocycles. The van der Waals surface area contributed by atoms with Crippen molar-refractivity contribution >= 4 is 5.91 Å². The molecule has 24 heavy (non-hydrogen) atoms. The number of aromatic nitrogens is 2. The molecule has 2 aromatic rings. The molecule has 0 radical (unpaired) electrons. The zero-order chi connectivity index (χ0) is 16.8. The first-order chi connectivity index (χ1) is 11.7. The minimum Gasteiger partial charge on any atom is -0.376 e. The van der Waals surface area contributed by atoms with E-state index >= 15 is 0 Å². The number of benzene rings is 1. The van der Waals surface area contributed by atoms with E-state index in [4.69, 9.17) is 9.26 Å². The van der Waals surface area contributed by atoms with Gasteiger partial charge in [0.05, 0.1) is 12.1 Å². The predicted molar refractivity (Wildman–Crippen MR) is 89.3 cm³/mol. The van der Waals surface area contributed by atoms with Gasteiger partial charge in [0.15, 0.2) is 0 Å². The normalized spacial score (nSPS) is 18.5. The molecule has 128 valence electrons. The third kappa shape index (κ3) is 4.41. The molecule has 2 atom stereocenters. The van der Waals surface area contributed by atoms with E-state index in [9.17, 15) is 4.79 Å². The molecular formula is C18H23N3O3. The SMILES string of the molecule is C[C@H](NC(=O)CCCc1nc(-c2ccccc2)no1)[C@H]1CCCO1. The Morgan fingerprint density at radius 1 is 1.38 bits per heavy atom. The van der Waals surface area contributed by atoms with Gasteiger partial charge in [-0.05, 0) is 26.2 Å². The van der Waals surface area contributed by atoms with Gasteiger partial charge in [0.2, 0.25) is 17.6 Å². The summed E-state index contributed by atoms with van der Waals surface area (Å²) in [6.07, 6.45) is 3.97. The van der Waals surface area contributed by atoms with E-state index in [0.717, 1.165) is 25.0 Å². The molecule has 1 aromatic carbocycles. The summed E-state index contributed by atoms with van der Waals surface area (Å²) in [7, 11) is 0. The molecule has 0 saturated carbocycles. The summed E-state index contributed by atoms with van der Waals surface area (Å²) in [5.41, 5.74) is 0.927. The van der Waals surface area contributed by atoms with Crippen LogP contribution in [-0.4, -0.2) is 34.8 Å². The average molecular weight is 329 g/mol. The van der Waals surface area contributed by atoms with Crippen LogP contribution in [0.4, 0.5) is 0 Å². The minimum absolute atomic E-state index is 0.0424. The Morgan fingerprint density at radius 2 is 2.21 bits per heavy atom. The first-order valence-electron chi connectivity index (χ1n) is 8.51. The van der Waals surface area contributed by atoms with Crippen LogP contribution in [0.15, 0.2) is 34.9 Å². The van der Waals surface area contributed by atoms with Gasteiger partial charge in [0.1, 0.15) is 0 Å². The van der Waals surface area contributed by atoms with Gasteiger partial charge >= 0.3 is 0 Å². The Kier molecular flexibility index (Phi) is 5.59. The number of carbonyl (C=O) groups excluding carboxylic acids is 1. The van der Waals surface area contributed by atoms with Gasteiger partial charge in [-0.15, -0.1) is 0 Å². The van der Waals surface area contributed by atoms with Crippen molar-refractivity contribution in [2.24, 2.45) is 0 Å². The van der Waals surface area contributed by atoms with Gasteiger partial charge in [-0.1, -0.05) is 35.5 Å². The molecule has 1 amide bonds. The van der Waals surface area contributed by atoms with E-state index in [0.29, 0.717) is 31.0 Å². The largest absolute Gasteiger partial charge is 0.376 e. The number of hydrogen-bond donors (Lipinski definition) is 1. The fraction of sp³-hybridized carbons (Fsp3) is 0.500. The number of ether oxygens (including phenoxy) is 1. The maximum absolute atomic E-state index is 12.0. The first kappa shape index (κ1) is 16.6. The van der Waals surface area contributed by atoms with E-state index in [2.05, 4.69) is 15.5 Å². The van der Waals surface area contributed by atoms with Crippen LogP contribution in [0.2, 0.25) is 0 Å². The van der Waals surface area contributed by atoms with E-state index in [1.165, 1.54) is 0 Å². The second-order valence-corrected chi connectivity index (χ2v) is 6.14. The van der Waals surface area contributed by atoms with Crippen molar-refractivity contribution in [3.05, 3.63) is 36.2 Å².